The van der Waals surface area contributed by atoms with Crippen molar-refractivity contribution in [3.8, 4) is 6.07 Å². The van der Waals surface area contributed by atoms with E-state index in [1.807, 2.05) is 39.8 Å². The summed E-state index contributed by atoms with van der Waals surface area (Å²) in [5.74, 6) is 0. The van der Waals surface area contributed by atoms with Crippen LogP contribution < -0.4 is 0 Å². The molecule has 14 heavy (non-hydrogen) atoms. The Morgan fingerprint density at radius 3 is 2.36 bits per heavy atom. The number of hydrogen-bond donors (Lipinski definition) is 0. The maximum atomic E-state index is 8.83. The smallest absolute Gasteiger partial charge is 0.0994 e. The van der Waals surface area contributed by atoms with Crippen molar-refractivity contribution in [2.24, 2.45) is 4.99 Å². The minimum Gasteiger partial charge on any atom is -0.258 e. The van der Waals surface area contributed by atoms with Crippen molar-refractivity contribution in [1.29, 1.82) is 5.26 Å². The minimum atomic E-state index is 0.732. The van der Waals surface area contributed by atoms with Crippen LogP contribution in [0.15, 0.2) is 17.1 Å². The molecule has 0 unspecified atom stereocenters. The zero-order valence-electron chi connectivity index (χ0n) is 9.05. The van der Waals surface area contributed by atoms with Crippen LogP contribution in [0.3, 0.4) is 0 Å². The van der Waals surface area contributed by atoms with E-state index in [1.165, 1.54) is 0 Å². The summed E-state index contributed by atoms with van der Waals surface area (Å²) in [5, 5.41) is 8.83. The van der Waals surface area contributed by atoms with Gasteiger partial charge in [0.05, 0.1) is 17.3 Å². The van der Waals surface area contributed by atoms with Gasteiger partial charge in [-0.1, -0.05) is 0 Å². The van der Waals surface area contributed by atoms with Crippen molar-refractivity contribution in [3.05, 3.63) is 28.8 Å². The molecule has 0 N–H and O–H groups in total. The van der Waals surface area contributed by atoms with Gasteiger partial charge < -0.3 is 0 Å². The predicted molar refractivity (Wildman–Crippen MR) is 59.1 cm³/mol. The zero-order chi connectivity index (χ0) is 10.7. The Labute approximate surface area is 84.9 Å². The fraction of sp³-hybridized carbons (Fsp3) is 0.333. The van der Waals surface area contributed by atoms with Crippen LogP contribution in [-0.4, -0.2) is 5.71 Å². The fourth-order valence-electron chi connectivity index (χ4n) is 1.28. The second-order valence-corrected chi connectivity index (χ2v) is 3.62. The van der Waals surface area contributed by atoms with Crippen molar-refractivity contribution in [2.45, 2.75) is 27.7 Å². The first-order chi connectivity index (χ1) is 6.54. The number of rotatable bonds is 1. The molecule has 0 fully saturated rings. The fourth-order valence-corrected chi connectivity index (χ4v) is 1.28. The predicted octanol–water partition coefficient (Wildman–Crippen LogP) is 3.29. The van der Waals surface area contributed by atoms with E-state index >= 15 is 0 Å². The van der Waals surface area contributed by atoms with Crippen LogP contribution in [-0.2, 0) is 0 Å². The normalized spacial score (nSPS) is 9.36. The molecular weight excluding hydrogens is 172 g/mol. The Hall–Kier alpha value is -1.62. The molecule has 0 radical (unpaired) electrons. The van der Waals surface area contributed by atoms with Gasteiger partial charge in [0.2, 0.25) is 0 Å². The summed E-state index contributed by atoms with van der Waals surface area (Å²) in [6, 6.07) is 6.01. The van der Waals surface area contributed by atoms with Gasteiger partial charge in [-0.25, -0.2) is 0 Å². The third-order valence-electron chi connectivity index (χ3n) is 2.01. The monoisotopic (exact) mass is 186 g/mol. The number of nitriles is 1. The summed E-state index contributed by atoms with van der Waals surface area (Å²) >= 11 is 0. The first-order valence-corrected chi connectivity index (χ1v) is 4.58. The average Bonchev–Trinajstić information content (AvgIpc) is 2.10. The molecule has 0 saturated carbocycles. The summed E-state index contributed by atoms with van der Waals surface area (Å²) in [6.07, 6.45) is 0. The van der Waals surface area contributed by atoms with Gasteiger partial charge in [-0.2, -0.15) is 5.26 Å². The van der Waals surface area contributed by atoms with Crippen LogP contribution in [0, 0.1) is 25.2 Å². The molecule has 0 heterocycles. The van der Waals surface area contributed by atoms with E-state index in [0.29, 0.717) is 0 Å². The molecular formula is C12H14N2. The second kappa shape index (κ2) is 4.06. The highest BCUT2D eigenvalue weighted by Gasteiger charge is 2.02. The van der Waals surface area contributed by atoms with Gasteiger partial charge >= 0.3 is 0 Å². The Morgan fingerprint density at radius 1 is 1.21 bits per heavy atom. The molecule has 72 valence electrons. The maximum Gasteiger partial charge on any atom is 0.0994 e. The molecule has 0 aliphatic heterocycles. The lowest BCUT2D eigenvalue weighted by Crippen LogP contribution is -1.87. The molecule has 0 bridgehead atoms. The highest BCUT2D eigenvalue weighted by molar-refractivity contribution is 5.82. The summed E-state index contributed by atoms with van der Waals surface area (Å²) in [6.45, 7) is 7.84. The Morgan fingerprint density at radius 2 is 1.86 bits per heavy atom. The van der Waals surface area contributed by atoms with Gasteiger partial charge in [0.25, 0.3) is 0 Å². The molecule has 1 rings (SSSR count). The SMILES string of the molecule is CC(C)=Nc1cc(C)c(C#N)cc1C. The summed E-state index contributed by atoms with van der Waals surface area (Å²) < 4.78 is 0. The lowest BCUT2D eigenvalue weighted by atomic mass is 10.0. The minimum absolute atomic E-state index is 0.732. The van der Waals surface area contributed by atoms with Gasteiger partial charge in [0, 0.05) is 5.71 Å². The number of hydrogen-bond acceptors (Lipinski definition) is 2. The zero-order valence-corrected chi connectivity index (χ0v) is 9.05. The molecule has 0 atom stereocenters. The van der Waals surface area contributed by atoms with Crippen LogP contribution in [0.5, 0.6) is 0 Å². The lowest BCUT2D eigenvalue weighted by molar-refractivity contribution is 1.31. The topological polar surface area (TPSA) is 36.1 Å². The lowest BCUT2D eigenvalue weighted by Gasteiger charge is -2.04. The molecule has 2 nitrogen and oxygen atoms in total. The van der Waals surface area contributed by atoms with E-state index in [2.05, 4.69) is 11.1 Å². The average molecular weight is 186 g/mol. The van der Waals surface area contributed by atoms with E-state index in [-0.39, 0.29) is 0 Å². The Balaban J connectivity index is 3.31. The van der Waals surface area contributed by atoms with Gasteiger partial charge in [-0.15, -0.1) is 0 Å². The molecule has 0 aliphatic carbocycles. The van der Waals surface area contributed by atoms with Gasteiger partial charge in [0.15, 0.2) is 0 Å². The van der Waals surface area contributed by atoms with Crippen molar-refractivity contribution in [1.82, 2.24) is 0 Å². The van der Waals surface area contributed by atoms with E-state index in [0.717, 1.165) is 28.1 Å². The first kappa shape index (κ1) is 10.5. The number of nitrogens with zero attached hydrogens (tertiary/aromatic N) is 2. The molecule has 0 amide bonds. The van der Waals surface area contributed by atoms with Crippen LogP contribution in [0.4, 0.5) is 5.69 Å². The molecule has 0 saturated heterocycles. The van der Waals surface area contributed by atoms with E-state index in [1.54, 1.807) is 0 Å². The molecule has 2 heteroatoms. The number of aryl methyl sites for hydroxylation is 2. The third-order valence-corrected chi connectivity index (χ3v) is 2.01. The van der Waals surface area contributed by atoms with Gasteiger partial charge in [-0.3, -0.25) is 4.99 Å². The third kappa shape index (κ3) is 2.20. The quantitative estimate of drug-likeness (QED) is 0.620. The van der Waals surface area contributed by atoms with Gasteiger partial charge in [-0.05, 0) is 51.0 Å². The van der Waals surface area contributed by atoms with E-state index in [9.17, 15) is 0 Å². The van der Waals surface area contributed by atoms with E-state index in [4.69, 9.17) is 5.26 Å². The van der Waals surface area contributed by atoms with Gasteiger partial charge in [0.1, 0.15) is 0 Å². The van der Waals surface area contributed by atoms with Crippen LogP contribution in [0.25, 0.3) is 0 Å². The summed E-state index contributed by atoms with van der Waals surface area (Å²) in [4.78, 5) is 4.40. The van der Waals surface area contributed by atoms with Crippen molar-refractivity contribution in [2.75, 3.05) is 0 Å². The molecule has 1 aromatic carbocycles. The highest BCUT2D eigenvalue weighted by Crippen LogP contribution is 2.23. The Bertz CT molecular complexity index is 419. The maximum absolute atomic E-state index is 8.83. The van der Waals surface area contributed by atoms with E-state index < -0.39 is 0 Å². The van der Waals surface area contributed by atoms with Crippen LogP contribution in [0.2, 0.25) is 0 Å². The van der Waals surface area contributed by atoms with Crippen molar-refractivity contribution in [3.63, 3.8) is 0 Å². The first-order valence-electron chi connectivity index (χ1n) is 4.58. The highest BCUT2D eigenvalue weighted by atomic mass is 14.7. The molecule has 0 aromatic heterocycles. The molecule has 0 spiro atoms. The summed E-state index contributed by atoms with van der Waals surface area (Å²) in [5.41, 5.74) is 4.75. The largest absolute Gasteiger partial charge is 0.258 e. The molecule has 1 aromatic rings. The molecule has 0 aliphatic rings. The van der Waals surface area contributed by atoms with Crippen molar-refractivity contribution < 1.29 is 0 Å². The van der Waals surface area contributed by atoms with Crippen LogP contribution in [0.1, 0.15) is 30.5 Å². The van der Waals surface area contributed by atoms with Crippen LogP contribution >= 0.6 is 0 Å². The standard InChI is InChI=1S/C12H14N2/c1-8(2)14-12-6-9(3)11(7-13)5-10(12)4/h5-6H,1-4H3. The number of aliphatic imine (C=N–C) groups is 1. The van der Waals surface area contributed by atoms with Crippen molar-refractivity contribution >= 4 is 11.4 Å². The summed E-state index contributed by atoms with van der Waals surface area (Å²) in [7, 11) is 0. The number of benzene rings is 1. The Kier molecular flexibility index (Phi) is 3.03. The second-order valence-electron chi connectivity index (χ2n) is 3.62.